The van der Waals surface area contributed by atoms with E-state index in [1.165, 1.54) is 25.7 Å². The fourth-order valence-electron chi connectivity index (χ4n) is 6.81. The van der Waals surface area contributed by atoms with Crippen LogP contribution >= 0.6 is 0 Å². The fourth-order valence-corrected chi connectivity index (χ4v) is 6.81. The fraction of sp³-hybridized carbons (Fsp3) is 0.617. The van der Waals surface area contributed by atoms with Crippen LogP contribution in [0.1, 0.15) is 220 Å². The van der Waals surface area contributed by atoms with Crippen molar-refractivity contribution in [3.8, 4) is 0 Å². The first kappa shape index (κ1) is 61.8. The standard InChI is InChI=1S/C60H96O6/c1-4-7-10-13-16-19-22-25-28-31-34-37-40-43-46-49-52-58(61)64-55-57(66-60(63)54-51-48-45-42-39-36-33-30-27-24-21-18-15-12-9-6-3)56-65-59(62)53-50-47-44-41-38-35-32-29-26-23-20-17-14-11-8-5-2/h7-12,16-21,25-30,34,37,57H,4-6,13-15,22-24,31-33,35-36,38-56H2,1-3H3/b10-7-,11-8-,12-9-,19-16-,20-17-,21-18-,28-25-,29-26-,30-27-,37-34-. The van der Waals surface area contributed by atoms with E-state index in [9.17, 15) is 14.4 Å². The van der Waals surface area contributed by atoms with Gasteiger partial charge in [0.2, 0.25) is 0 Å². The molecule has 6 heteroatoms. The third-order valence-electron chi connectivity index (χ3n) is 10.7. The lowest BCUT2D eigenvalue weighted by Gasteiger charge is -2.18. The Bertz CT molecular complexity index is 1420. The minimum absolute atomic E-state index is 0.104. The summed E-state index contributed by atoms with van der Waals surface area (Å²) in [6.45, 7) is 6.24. The predicted octanol–water partition coefficient (Wildman–Crippen LogP) is 17.7. The smallest absolute Gasteiger partial charge is 0.306 e. The maximum absolute atomic E-state index is 12.8. The van der Waals surface area contributed by atoms with Gasteiger partial charge in [0, 0.05) is 19.3 Å². The van der Waals surface area contributed by atoms with Crippen molar-refractivity contribution in [2.45, 2.75) is 226 Å². The van der Waals surface area contributed by atoms with Gasteiger partial charge in [-0.15, -0.1) is 0 Å². The Morgan fingerprint density at radius 1 is 0.303 bits per heavy atom. The number of ether oxygens (including phenoxy) is 3. The van der Waals surface area contributed by atoms with Gasteiger partial charge < -0.3 is 14.2 Å². The summed E-state index contributed by atoms with van der Waals surface area (Å²) in [6, 6.07) is 0. The number of carbonyl (C=O) groups excluding carboxylic acids is 3. The average molecular weight is 913 g/mol. The highest BCUT2D eigenvalue weighted by molar-refractivity contribution is 5.71. The Hall–Kier alpha value is -4.19. The van der Waals surface area contributed by atoms with E-state index in [4.69, 9.17) is 14.2 Å². The first-order valence-corrected chi connectivity index (χ1v) is 26.5. The summed E-state index contributed by atoms with van der Waals surface area (Å²) >= 11 is 0. The molecule has 0 aromatic heterocycles. The molecule has 1 atom stereocenters. The highest BCUT2D eigenvalue weighted by Crippen LogP contribution is 2.13. The Balaban J connectivity index is 4.51. The van der Waals surface area contributed by atoms with Crippen molar-refractivity contribution in [2.75, 3.05) is 13.2 Å². The summed E-state index contributed by atoms with van der Waals surface area (Å²) in [5.41, 5.74) is 0. The van der Waals surface area contributed by atoms with Crippen LogP contribution in [0.25, 0.3) is 0 Å². The van der Waals surface area contributed by atoms with Crippen LogP contribution in [0, 0.1) is 0 Å². The highest BCUT2D eigenvalue weighted by Gasteiger charge is 2.19. The molecule has 0 N–H and O–H groups in total. The molecule has 0 amide bonds. The number of hydrogen-bond donors (Lipinski definition) is 0. The molecule has 0 saturated heterocycles. The lowest BCUT2D eigenvalue weighted by atomic mass is 10.1. The minimum atomic E-state index is -0.807. The van der Waals surface area contributed by atoms with Gasteiger partial charge in [0.15, 0.2) is 6.10 Å². The molecular formula is C60H96O6. The SMILES string of the molecule is CC/C=C\C/C=C\C/C=C\C/C=C\CCCCCC(=O)OCC(COC(=O)CCCCCCCC/C=C\C/C=C\C/C=C\CC)OC(=O)CCCCCCCC/C=C\C/C=C\C/C=C\CC. The number of esters is 3. The van der Waals surface area contributed by atoms with Crippen molar-refractivity contribution >= 4 is 17.9 Å². The van der Waals surface area contributed by atoms with E-state index in [1.54, 1.807) is 0 Å². The third kappa shape index (κ3) is 50.8. The Morgan fingerprint density at radius 2 is 0.545 bits per heavy atom. The zero-order valence-electron chi connectivity index (χ0n) is 42.4. The molecule has 0 saturated carbocycles. The van der Waals surface area contributed by atoms with E-state index in [2.05, 4.69) is 142 Å². The molecule has 0 spiro atoms. The summed E-state index contributed by atoms with van der Waals surface area (Å²) < 4.78 is 16.8. The summed E-state index contributed by atoms with van der Waals surface area (Å²) in [5.74, 6) is -0.967. The van der Waals surface area contributed by atoms with E-state index in [0.717, 1.165) is 154 Å². The molecule has 0 aliphatic rings. The number of hydrogen-bond acceptors (Lipinski definition) is 6. The van der Waals surface area contributed by atoms with Gasteiger partial charge in [-0.25, -0.2) is 0 Å². The van der Waals surface area contributed by atoms with Gasteiger partial charge in [0.05, 0.1) is 0 Å². The molecule has 66 heavy (non-hydrogen) atoms. The van der Waals surface area contributed by atoms with Crippen molar-refractivity contribution in [2.24, 2.45) is 0 Å². The average Bonchev–Trinajstić information content (AvgIpc) is 3.31. The van der Waals surface area contributed by atoms with E-state index < -0.39 is 6.10 Å². The van der Waals surface area contributed by atoms with Gasteiger partial charge in [-0.2, -0.15) is 0 Å². The Kier molecular flexibility index (Phi) is 50.0. The van der Waals surface area contributed by atoms with Crippen LogP contribution < -0.4 is 0 Å². The molecule has 0 aromatic rings. The third-order valence-corrected chi connectivity index (χ3v) is 10.7. The molecule has 0 heterocycles. The molecule has 0 aromatic carbocycles. The van der Waals surface area contributed by atoms with Crippen molar-refractivity contribution < 1.29 is 28.6 Å². The minimum Gasteiger partial charge on any atom is -0.462 e. The second-order valence-electron chi connectivity index (χ2n) is 17.0. The molecule has 0 radical (unpaired) electrons. The van der Waals surface area contributed by atoms with Gasteiger partial charge in [0.1, 0.15) is 13.2 Å². The number of carbonyl (C=O) groups is 3. The van der Waals surface area contributed by atoms with E-state index in [1.807, 2.05) is 0 Å². The zero-order chi connectivity index (χ0) is 47.9. The van der Waals surface area contributed by atoms with Crippen LogP contribution in [-0.2, 0) is 28.6 Å². The van der Waals surface area contributed by atoms with Crippen molar-refractivity contribution in [1.29, 1.82) is 0 Å². The number of rotatable bonds is 46. The van der Waals surface area contributed by atoms with Crippen LogP contribution in [0.2, 0.25) is 0 Å². The predicted molar refractivity (Wildman–Crippen MR) is 283 cm³/mol. The van der Waals surface area contributed by atoms with E-state index >= 15 is 0 Å². The van der Waals surface area contributed by atoms with E-state index in [0.29, 0.717) is 19.3 Å². The van der Waals surface area contributed by atoms with E-state index in [-0.39, 0.29) is 31.1 Å². The molecule has 0 fully saturated rings. The second-order valence-corrected chi connectivity index (χ2v) is 17.0. The van der Waals surface area contributed by atoms with Crippen LogP contribution in [0.5, 0.6) is 0 Å². The van der Waals surface area contributed by atoms with Crippen molar-refractivity contribution in [3.05, 3.63) is 122 Å². The lowest BCUT2D eigenvalue weighted by molar-refractivity contribution is -0.167. The summed E-state index contributed by atoms with van der Waals surface area (Å²) in [5, 5.41) is 0. The van der Waals surface area contributed by atoms with Gasteiger partial charge in [-0.3, -0.25) is 14.4 Å². The monoisotopic (exact) mass is 913 g/mol. The number of allylic oxidation sites excluding steroid dienone is 20. The second kappa shape index (κ2) is 53.4. The number of unbranched alkanes of at least 4 members (excludes halogenated alkanes) is 15. The van der Waals surface area contributed by atoms with Crippen LogP contribution in [0.15, 0.2) is 122 Å². The summed E-state index contributed by atoms with van der Waals surface area (Å²) in [6.07, 6.45) is 73.2. The summed E-state index contributed by atoms with van der Waals surface area (Å²) in [7, 11) is 0. The molecule has 0 aliphatic heterocycles. The Morgan fingerprint density at radius 3 is 0.864 bits per heavy atom. The van der Waals surface area contributed by atoms with Gasteiger partial charge in [-0.1, -0.05) is 200 Å². The lowest BCUT2D eigenvalue weighted by Crippen LogP contribution is -2.30. The first-order chi connectivity index (χ1) is 32.5. The van der Waals surface area contributed by atoms with Crippen LogP contribution in [0.4, 0.5) is 0 Å². The molecule has 6 nitrogen and oxygen atoms in total. The maximum Gasteiger partial charge on any atom is 0.306 e. The largest absolute Gasteiger partial charge is 0.462 e. The topological polar surface area (TPSA) is 78.9 Å². The molecule has 0 rings (SSSR count). The van der Waals surface area contributed by atoms with Gasteiger partial charge in [0.25, 0.3) is 0 Å². The highest BCUT2D eigenvalue weighted by atomic mass is 16.6. The molecule has 372 valence electrons. The zero-order valence-corrected chi connectivity index (χ0v) is 42.4. The van der Waals surface area contributed by atoms with Crippen molar-refractivity contribution in [1.82, 2.24) is 0 Å². The van der Waals surface area contributed by atoms with Crippen molar-refractivity contribution in [3.63, 3.8) is 0 Å². The molecular weight excluding hydrogens is 817 g/mol. The van der Waals surface area contributed by atoms with Crippen LogP contribution in [0.3, 0.4) is 0 Å². The molecule has 0 bridgehead atoms. The molecule has 0 aliphatic carbocycles. The van der Waals surface area contributed by atoms with Crippen LogP contribution in [-0.4, -0.2) is 37.2 Å². The molecule has 1 unspecified atom stereocenters. The quantitative estimate of drug-likeness (QED) is 0.0262. The van der Waals surface area contributed by atoms with Gasteiger partial charge >= 0.3 is 17.9 Å². The summed E-state index contributed by atoms with van der Waals surface area (Å²) in [4.78, 5) is 38.1. The first-order valence-electron chi connectivity index (χ1n) is 26.5. The Labute approximate surface area is 405 Å². The maximum atomic E-state index is 12.8. The van der Waals surface area contributed by atoms with Gasteiger partial charge in [-0.05, 0) is 122 Å². The normalized spacial score (nSPS) is 13.1.